The first kappa shape index (κ1) is 13.4. The van der Waals surface area contributed by atoms with Gasteiger partial charge in [0.2, 0.25) is 5.91 Å². The summed E-state index contributed by atoms with van der Waals surface area (Å²) in [6.07, 6.45) is 0. The quantitative estimate of drug-likeness (QED) is 0.883. The van der Waals surface area contributed by atoms with Gasteiger partial charge in [0.15, 0.2) is 0 Å². The second-order valence-corrected chi connectivity index (χ2v) is 4.65. The van der Waals surface area contributed by atoms with E-state index in [2.05, 4.69) is 11.9 Å². The van der Waals surface area contributed by atoms with Crippen LogP contribution in [0, 0.1) is 0 Å². The lowest BCUT2D eigenvalue weighted by atomic mass is 9.98. The highest BCUT2D eigenvalue weighted by molar-refractivity contribution is 6.31. The Bertz CT molecular complexity index is 620. The number of rotatable bonds is 3. The molecule has 0 radical (unpaired) electrons. The van der Waals surface area contributed by atoms with Crippen molar-refractivity contribution in [3.63, 3.8) is 0 Å². The number of hydrogen-bond donors (Lipinski definition) is 1. The van der Waals surface area contributed by atoms with Crippen molar-refractivity contribution in [3.05, 3.63) is 71.3 Å². The van der Waals surface area contributed by atoms with E-state index in [-0.39, 0.29) is 5.91 Å². The first-order valence-corrected chi connectivity index (χ1v) is 6.27. The van der Waals surface area contributed by atoms with E-state index in [9.17, 15) is 4.79 Å². The maximum atomic E-state index is 11.2. The van der Waals surface area contributed by atoms with Gasteiger partial charge in [0, 0.05) is 23.2 Å². The minimum atomic E-state index is -0.121. The number of halogens is 1. The fraction of sp³-hybridized carbons (Fsp3) is 0.0625. The highest BCUT2D eigenvalue weighted by atomic mass is 35.5. The Morgan fingerprint density at radius 1 is 1.16 bits per heavy atom. The number of amides is 1. The highest BCUT2D eigenvalue weighted by Crippen LogP contribution is 2.30. The van der Waals surface area contributed by atoms with Gasteiger partial charge in [0.25, 0.3) is 0 Å². The molecule has 3 heteroatoms. The Morgan fingerprint density at radius 3 is 2.47 bits per heavy atom. The third kappa shape index (κ3) is 3.24. The van der Waals surface area contributed by atoms with Gasteiger partial charge in [0.05, 0.1) is 0 Å². The van der Waals surface area contributed by atoms with E-state index in [0.717, 1.165) is 16.7 Å². The number of carbonyl (C=O) groups excluding carboxylic acids is 1. The first-order chi connectivity index (χ1) is 9.08. The van der Waals surface area contributed by atoms with Crippen LogP contribution >= 0.6 is 11.6 Å². The molecule has 0 fully saturated rings. The van der Waals surface area contributed by atoms with Gasteiger partial charge in [-0.05, 0) is 29.3 Å². The average Bonchev–Trinajstić information content (AvgIpc) is 2.40. The van der Waals surface area contributed by atoms with Gasteiger partial charge in [-0.1, -0.05) is 48.5 Å². The molecule has 2 rings (SSSR count). The van der Waals surface area contributed by atoms with Gasteiger partial charge in [-0.2, -0.15) is 0 Å². The van der Waals surface area contributed by atoms with E-state index in [0.29, 0.717) is 10.7 Å². The predicted molar refractivity (Wildman–Crippen MR) is 80.3 cm³/mol. The number of nitrogens with one attached hydrogen (secondary N) is 1. The number of carbonyl (C=O) groups is 1. The van der Waals surface area contributed by atoms with Crippen molar-refractivity contribution in [2.45, 2.75) is 6.92 Å². The van der Waals surface area contributed by atoms with Crippen LogP contribution in [0.5, 0.6) is 0 Å². The summed E-state index contributed by atoms with van der Waals surface area (Å²) in [6.45, 7) is 5.57. The second-order valence-electron chi connectivity index (χ2n) is 4.22. The molecule has 1 amide bonds. The van der Waals surface area contributed by atoms with Crippen LogP contribution in [-0.4, -0.2) is 5.91 Å². The fourth-order valence-corrected chi connectivity index (χ4v) is 2.03. The van der Waals surface area contributed by atoms with Crippen LogP contribution in [-0.2, 0) is 4.79 Å². The van der Waals surface area contributed by atoms with Crippen LogP contribution in [0.15, 0.2) is 55.1 Å². The molecule has 96 valence electrons. The summed E-state index contributed by atoms with van der Waals surface area (Å²) >= 11 is 6.03. The summed E-state index contributed by atoms with van der Waals surface area (Å²) < 4.78 is 0. The normalized spacial score (nSPS) is 10.0. The lowest BCUT2D eigenvalue weighted by Crippen LogP contribution is -2.08. The second kappa shape index (κ2) is 5.72. The molecule has 2 aromatic rings. The van der Waals surface area contributed by atoms with Gasteiger partial charge in [-0.15, -0.1) is 0 Å². The molecule has 0 spiro atoms. The smallest absolute Gasteiger partial charge is 0.221 e. The molecule has 1 N–H and O–H groups in total. The van der Waals surface area contributed by atoms with Crippen LogP contribution in [0.25, 0.3) is 5.57 Å². The number of benzene rings is 2. The minimum absolute atomic E-state index is 0.121. The summed E-state index contributed by atoms with van der Waals surface area (Å²) in [5.74, 6) is -0.121. The molecule has 0 saturated heterocycles. The highest BCUT2D eigenvalue weighted by Gasteiger charge is 2.09. The molecular weight excluding hydrogens is 258 g/mol. The van der Waals surface area contributed by atoms with Crippen molar-refractivity contribution in [3.8, 4) is 0 Å². The molecule has 0 bridgehead atoms. The molecule has 0 aliphatic carbocycles. The molecule has 0 unspecified atom stereocenters. The Hall–Kier alpha value is -2.06. The summed E-state index contributed by atoms with van der Waals surface area (Å²) in [4.78, 5) is 11.2. The van der Waals surface area contributed by atoms with Crippen LogP contribution in [0.2, 0.25) is 5.02 Å². The van der Waals surface area contributed by atoms with Gasteiger partial charge >= 0.3 is 0 Å². The van der Waals surface area contributed by atoms with E-state index in [4.69, 9.17) is 11.6 Å². The topological polar surface area (TPSA) is 29.1 Å². The third-order valence-electron chi connectivity index (χ3n) is 2.74. The Balaban J connectivity index is 2.45. The third-order valence-corrected chi connectivity index (χ3v) is 2.97. The number of hydrogen-bond acceptors (Lipinski definition) is 1. The van der Waals surface area contributed by atoms with E-state index < -0.39 is 0 Å². The van der Waals surface area contributed by atoms with Gasteiger partial charge < -0.3 is 5.32 Å². The van der Waals surface area contributed by atoms with Crippen molar-refractivity contribution < 1.29 is 4.79 Å². The first-order valence-electron chi connectivity index (χ1n) is 5.90. The minimum Gasteiger partial charge on any atom is -0.326 e. The van der Waals surface area contributed by atoms with Crippen molar-refractivity contribution in [1.29, 1.82) is 0 Å². The molecule has 0 aliphatic heterocycles. The number of anilines is 1. The van der Waals surface area contributed by atoms with Crippen LogP contribution in [0.4, 0.5) is 5.69 Å². The average molecular weight is 272 g/mol. The Morgan fingerprint density at radius 2 is 1.84 bits per heavy atom. The molecule has 0 heterocycles. The summed E-state index contributed by atoms with van der Waals surface area (Å²) in [5, 5.41) is 3.41. The van der Waals surface area contributed by atoms with E-state index in [1.807, 2.05) is 36.4 Å². The van der Waals surface area contributed by atoms with Crippen LogP contribution in [0.3, 0.4) is 0 Å². The Kier molecular flexibility index (Phi) is 4.03. The van der Waals surface area contributed by atoms with Gasteiger partial charge in [-0.25, -0.2) is 0 Å². The standard InChI is InChI=1S/C16H14ClNO/c1-11(13-6-4-3-5-7-13)15-10-14(17)8-9-16(15)18-12(2)19/h3-10H,1H2,2H3,(H,18,19). The van der Waals surface area contributed by atoms with Crippen molar-refractivity contribution >= 4 is 28.8 Å². The van der Waals surface area contributed by atoms with Crippen LogP contribution < -0.4 is 5.32 Å². The van der Waals surface area contributed by atoms with E-state index in [1.165, 1.54) is 6.92 Å². The zero-order chi connectivity index (χ0) is 13.8. The van der Waals surface area contributed by atoms with Crippen molar-refractivity contribution in [2.75, 3.05) is 5.32 Å². The Labute approximate surface area is 117 Å². The molecule has 2 aromatic carbocycles. The fourth-order valence-electron chi connectivity index (χ4n) is 1.86. The molecule has 2 nitrogen and oxygen atoms in total. The predicted octanol–water partition coefficient (Wildman–Crippen LogP) is 4.36. The van der Waals surface area contributed by atoms with Crippen LogP contribution in [0.1, 0.15) is 18.1 Å². The summed E-state index contributed by atoms with van der Waals surface area (Å²) in [6, 6.07) is 15.1. The maximum absolute atomic E-state index is 11.2. The van der Waals surface area contributed by atoms with Crippen molar-refractivity contribution in [2.24, 2.45) is 0 Å². The largest absolute Gasteiger partial charge is 0.326 e. The van der Waals surface area contributed by atoms with Crippen molar-refractivity contribution in [1.82, 2.24) is 0 Å². The monoisotopic (exact) mass is 271 g/mol. The molecule has 19 heavy (non-hydrogen) atoms. The molecule has 0 saturated carbocycles. The molecule has 0 aliphatic rings. The summed E-state index contributed by atoms with van der Waals surface area (Å²) in [7, 11) is 0. The lowest BCUT2D eigenvalue weighted by Gasteiger charge is -2.13. The SMILES string of the molecule is C=C(c1ccccc1)c1cc(Cl)ccc1NC(C)=O. The molecule has 0 atom stereocenters. The maximum Gasteiger partial charge on any atom is 0.221 e. The zero-order valence-corrected chi connectivity index (χ0v) is 11.4. The summed E-state index contributed by atoms with van der Waals surface area (Å²) in [5.41, 5.74) is 3.36. The van der Waals surface area contributed by atoms with E-state index in [1.54, 1.807) is 12.1 Å². The molecular formula is C16H14ClNO. The van der Waals surface area contributed by atoms with E-state index >= 15 is 0 Å². The lowest BCUT2D eigenvalue weighted by molar-refractivity contribution is -0.114. The zero-order valence-electron chi connectivity index (χ0n) is 10.6. The molecule has 0 aromatic heterocycles. The van der Waals surface area contributed by atoms with Gasteiger partial charge in [-0.3, -0.25) is 4.79 Å². The van der Waals surface area contributed by atoms with Gasteiger partial charge in [0.1, 0.15) is 0 Å².